The number of benzene rings is 2. The summed E-state index contributed by atoms with van der Waals surface area (Å²) >= 11 is 5.32. The van der Waals surface area contributed by atoms with Crippen molar-refractivity contribution in [2.24, 2.45) is 0 Å². The van der Waals surface area contributed by atoms with E-state index in [2.05, 4.69) is 15.4 Å². The van der Waals surface area contributed by atoms with Crippen LogP contribution in [0.2, 0.25) is 0 Å². The average molecular weight is 366 g/mol. The molecule has 0 atom stereocenters. The van der Waals surface area contributed by atoms with Gasteiger partial charge in [-0.3, -0.25) is 0 Å². The first-order valence-corrected chi connectivity index (χ1v) is 8.16. The van der Waals surface area contributed by atoms with Crippen LogP contribution in [-0.4, -0.2) is 18.3 Å². The molecular weight excluding hydrogens is 346 g/mol. The van der Waals surface area contributed by atoms with E-state index in [4.69, 9.17) is 17.0 Å². The van der Waals surface area contributed by atoms with Crippen LogP contribution in [-0.2, 0) is 0 Å². The summed E-state index contributed by atoms with van der Waals surface area (Å²) in [6, 6.07) is 10.6. The fourth-order valence-corrected chi connectivity index (χ4v) is 2.43. The molecule has 0 spiro atoms. The maximum atomic E-state index is 12.4. The van der Waals surface area contributed by atoms with E-state index >= 15 is 0 Å². The maximum absolute atomic E-state index is 12.4. The molecule has 2 aromatic rings. The molecule has 4 nitrogen and oxygen atoms in total. The van der Waals surface area contributed by atoms with Gasteiger partial charge in [-0.1, -0.05) is 12.1 Å². The van der Waals surface area contributed by atoms with Crippen LogP contribution in [0.15, 0.2) is 36.4 Å². The minimum Gasteiger partial charge on any atom is -0.490 e. The number of alkyl halides is 2. The smallest absolute Gasteiger partial charge is 0.387 e. The molecule has 0 saturated carbocycles. The van der Waals surface area contributed by atoms with E-state index in [1.165, 1.54) is 6.07 Å². The quantitative estimate of drug-likeness (QED) is 0.695. The van der Waals surface area contributed by atoms with Crippen molar-refractivity contribution in [3.05, 3.63) is 47.5 Å². The molecule has 0 aliphatic heterocycles. The van der Waals surface area contributed by atoms with Crippen LogP contribution in [0, 0.1) is 13.8 Å². The standard InChI is InChI=1S/C18H20F2N2O2S/c1-4-23-16-10-13(7-8-15(16)24-17(19)20)21-18(25)22-14-9-11(2)5-6-12(14)3/h5-10,17H,4H2,1-3H3,(H2,21,22,25). The van der Waals surface area contributed by atoms with E-state index in [9.17, 15) is 8.78 Å². The number of anilines is 2. The van der Waals surface area contributed by atoms with Crippen molar-refractivity contribution in [3.8, 4) is 11.5 Å². The molecule has 2 aromatic carbocycles. The number of aryl methyl sites for hydroxylation is 2. The highest BCUT2D eigenvalue weighted by atomic mass is 32.1. The monoisotopic (exact) mass is 366 g/mol. The van der Waals surface area contributed by atoms with E-state index in [0.717, 1.165) is 16.8 Å². The molecule has 0 fully saturated rings. The normalized spacial score (nSPS) is 10.5. The second-order valence-electron chi connectivity index (χ2n) is 5.37. The molecule has 7 heteroatoms. The molecular formula is C18H20F2N2O2S. The van der Waals surface area contributed by atoms with Crippen LogP contribution < -0.4 is 20.1 Å². The van der Waals surface area contributed by atoms with Gasteiger partial charge >= 0.3 is 6.61 Å². The van der Waals surface area contributed by atoms with Crippen molar-refractivity contribution in [1.29, 1.82) is 0 Å². The predicted molar refractivity (Wildman–Crippen MR) is 100 cm³/mol. The van der Waals surface area contributed by atoms with Crippen molar-refractivity contribution in [2.45, 2.75) is 27.4 Å². The van der Waals surface area contributed by atoms with Crippen LogP contribution in [0.25, 0.3) is 0 Å². The Morgan fingerprint density at radius 1 is 1.08 bits per heavy atom. The second kappa shape index (κ2) is 8.62. The molecule has 0 aliphatic rings. The summed E-state index contributed by atoms with van der Waals surface area (Å²) in [5.74, 6) is 0.207. The fraction of sp³-hybridized carbons (Fsp3) is 0.278. The summed E-state index contributed by atoms with van der Waals surface area (Å²) < 4.78 is 34.7. The molecule has 0 saturated heterocycles. The lowest BCUT2D eigenvalue weighted by molar-refractivity contribution is -0.0514. The van der Waals surface area contributed by atoms with Crippen LogP contribution in [0.4, 0.5) is 20.2 Å². The lowest BCUT2D eigenvalue weighted by atomic mass is 10.1. The van der Waals surface area contributed by atoms with Crippen molar-refractivity contribution in [1.82, 2.24) is 0 Å². The molecule has 0 bridgehead atoms. The summed E-state index contributed by atoms with van der Waals surface area (Å²) in [7, 11) is 0. The molecule has 2 rings (SSSR count). The topological polar surface area (TPSA) is 42.5 Å². The SMILES string of the molecule is CCOc1cc(NC(=S)Nc2cc(C)ccc2C)ccc1OC(F)F. The Balaban J connectivity index is 2.12. The molecule has 134 valence electrons. The van der Waals surface area contributed by atoms with E-state index in [1.54, 1.807) is 19.1 Å². The Morgan fingerprint density at radius 3 is 2.52 bits per heavy atom. The zero-order chi connectivity index (χ0) is 18.4. The third-order valence-electron chi connectivity index (χ3n) is 3.36. The van der Waals surface area contributed by atoms with Gasteiger partial charge in [0.15, 0.2) is 16.6 Å². The summed E-state index contributed by atoms with van der Waals surface area (Å²) in [6.45, 7) is 3.16. The van der Waals surface area contributed by atoms with Gasteiger partial charge in [0.1, 0.15) is 0 Å². The highest BCUT2D eigenvalue weighted by Gasteiger charge is 2.12. The number of halogens is 2. The van der Waals surface area contributed by atoms with E-state index in [0.29, 0.717) is 17.4 Å². The molecule has 2 N–H and O–H groups in total. The third-order valence-corrected chi connectivity index (χ3v) is 3.56. The molecule has 0 aromatic heterocycles. The number of hydrogen-bond acceptors (Lipinski definition) is 3. The Bertz CT molecular complexity index is 754. The first kappa shape index (κ1) is 18.9. The fourth-order valence-electron chi connectivity index (χ4n) is 2.20. The maximum Gasteiger partial charge on any atom is 0.387 e. The Kier molecular flexibility index (Phi) is 6.52. The van der Waals surface area contributed by atoms with Crippen LogP contribution in [0.3, 0.4) is 0 Å². The van der Waals surface area contributed by atoms with Gasteiger partial charge in [0.05, 0.1) is 6.61 Å². The molecule has 0 unspecified atom stereocenters. The molecule has 0 aliphatic carbocycles. The predicted octanol–water partition coefficient (Wildman–Crippen LogP) is 5.11. The van der Waals surface area contributed by atoms with Crippen LogP contribution in [0.5, 0.6) is 11.5 Å². The first-order chi connectivity index (χ1) is 11.9. The van der Waals surface area contributed by atoms with Gasteiger partial charge in [0.25, 0.3) is 0 Å². The van der Waals surface area contributed by atoms with Gasteiger partial charge in [-0.05, 0) is 62.3 Å². The van der Waals surface area contributed by atoms with E-state index in [1.807, 2.05) is 32.0 Å². The van der Waals surface area contributed by atoms with Gasteiger partial charge < -0.3 is 20.1 Å². The van der Waals surface area contributed by atoms with Gasteiger partial charge in [0, 0.05) is 17.4 Å². The summed E-state index contributed by atoms with van der Waals surface area (Å²) in [4.78, 5) is 0. The van der Waals surface area contributed by atoms with Gasteiger partial charge in [-0.15, -0.1) is 0 Å². The van der Waals surface area contributed by atoms with Crippen LogP contribution >= 0.6 is 12.2 Å². The lowest BCUT2D eigenvalue weighted by Crippen LogP contribution is -2.19. The van der Waals surface area contributed by atoms with Crippen molar-refractivity contribution >= 4 is 28.7 Å². The lowest BCUT2D eigenvalue weighted by Gasteiger charge is -2.15. The van der Waals surface area contributed by atoms with Crippen LogP contribution in [0.1, 0.15) is 18.1 Å². The zero-order valence-corrected chi connectivity index (χ0v) is 15.0. The molecule has 0 heterocycles. The Hall–Kier alpha value is -2.41. The summed E-state index contributed by atoms with van der Waals surface area (Å²) in [5, 5.41) is 6.53. The minimum atomic E-state index is -2.91. The van der Waals surface area contributed by atoms with Gasteiger partial charge in [-0.25, -0.2) is 0 Å². The van der Waals surface area contributed by atoms with E-state index < -0.39 is 6.61 Å². The number of thiocarbonyl (C=S) groups is 1. The largest absolute Gasteiger partial charge is 0.490 e. The molecule has 25 heavy (non-hydrogen) atoms. The third kappa shape index (κ3) is 5.56. The Labute approximate surface area is 151 Å². The number of rotatable bonds is 6. The molecule has 0 radical (unpaired) electrons. The number of ether oxygens (including phenoxy) is 2. The second-order valence-corrected chi connectivity index (χ2v) is 5.78. The number of hydrogen-bond donors (Lipinski definition) is 2. The number of nitrogens with one attached hydrogen (secondary N) is 2. The highest BCUT2D eigenvalue weighted by molar-refractivity contribution is 7.80. The molecule has 0 amide bonds. The van der Waals surface area contributed by atoms with Crippen molar-refractivity contribution in [3.63, 3.8) is 0 Å². The van der Waals surface area contributed by atoms with Gasteiger partial charge in [-0.2, -0.15) is 8.78 Å². The zero-order valence-electron chi connectivity index (χ0n) is 14.2. The summed E-state index contributed by atoms with van der Waals surface area (Å²) in [6.07, 6.45) is 0. The van der Waals surface area contributed by atoms with E-state index in [-0.39, 0.29) is 11.5 Å². The van der Waals surface area contributed by atoms with Crippen molar-refractivity contribution < 1.29 is 18.3 Å². The summed E-state index contributed by atoms with van der Waals surface area (Å²) in [5.41, 5.74) is 3.68. The average Bonchev–Trinajstić information content (AvgIpc) is 2.53. The Morgan fingerprint density at radius 2 is 1.84 bits per heavy atom. The van der Waals surface area contributed by atoms with Crippen molar-refractivity contribution in [2.75, 3.05) is 17.2 Å². The first-order valence-electron chi connectivity index (χ1n) is 7.76. The van der Waals surface area contributed by atoms with Gasteiger partial charge in [0.2, 0.25) is 0 Å². The highest BCUT2D eigenvalue weighted by Crippen LogP contribution is 2.32. The minimum absolute atomic E-state index is 0.0178.